The molecule has 1 saturated heterocycles. The molecule has 254 valence electrons. The number of halogens is 1. The minimum absolute atomic E-state index is 0.251. The van der Waals surface area contributed by atoms with Crippen LogP contribution in [-0.4, -0.2) is 42.7 Å². The minimum Gasteiger partial charge on any atom is -0.494 e. The van der Waals surface area contributed by atoms with Crippen molar-refractivity contribution in [1.82, 2.24) is 0 Å². The number of rotatable bonds is 15. The van der Waals surface area contributed by atoms with Crippen LogP contribution in [-0.2, 0) is 45.2 Å². The highest BCUT2D eigenvalue weighted by atomic mass is 35.5. The van der Waals surface area contributed by atoms with Gasteiger partial charge in [0.1, 0.15) is 36.3 Å². The van der Waals surface area contributed by atoms with Crippen molar-refractivity contribution in [3.63, 3.8) is 0 Å². The second-order valence-electron chi connectivity index (χ2n) is 12.2. The van der Waals surface area contributed by atoms with Gasteiger partial charge in [-0.2, -0.15) is 0 Å². The van der Waals surface area contributed by atoms with Crippen molar-refractivity contribution in [3.05, 3.63) is 172 Å². The molecule has 0 bridgehead atoms. The first-order valence-electron chi connectivity index (χ1n) is 16.8. The summed E-state index contributed by atoms with van der Waals surface area (Å²) in [6.07, 6.45) is -2.38. The zero-order chi connectivity index (χ0) is 33.8. The molecule has 6 rings (SSSR count). The van der Waals surface area contributed by atoms with Crippen molar-refractivity contribution in [2.24, 2.45) is 0 Å². The summed E-state index contributed by atoms with van der Waals surface area (Å²) in [6.45, 7) is 3.36. The van der Waals surface area contributed by atoms with Crippen molar-refractivity contribution >= 4 is 11.6 Å². The Morgan fingerprint density at radius 3 is 1.67 bits per heavy atom. The second kappa shape index (κ2) is 17.6. The number of hydrogen-bond acceptors (Lipinski definition) is 6. The number of aliphatic hydroxyl groups excluding tert-OH is 1. The van der Waals surface area contributed by atoms with Crippen LogP contribution in [0.3, 0.4) is 0 Å². The van der Waals surface area contributed by atoms with E-state index in [0.717, 1.165) is 39.1 Å². The zero-order valence-corrected chi connectivity index (χ0v) is 28.5. The molecular formula is C42H43ClO6. The molecule has 5 atom stereocenters. The number of ether oxygens (including phenoxy) is 5. The van der Waals surface area contributed by atoms with E-state index in [9.17, 15) is 5.11 Å². The van der Waals surface area contributed by atoms with Gasteiger partial charge in [0, 0.05) is 5.02 Å². The normalized spacial score (nSPS) is 20.6. The maximum atomic E-state index is 10.7. The summed E-state index contributed by atoms with van der Waals surface area (Å²) in [5, 5.41) is 11.4. The fraction of sp³-hybridized carbons (Fsp3) is 0.286. The predicted octanol–water partition coefficient (Wildman–Crippen LogP) is 8.52. The van der Waals surface area contributed by atoms with Gasteiger partial charge in [0.2, 0.25) is 0 Å². The summed E-state index contributed by atoms with van der Waals surface area (Å²) in [4.78, 5) is 0. The summed E-state index contributed by atoms with van der Waals surface area (Å²) >= 11 is 6.79. The molecule has 0 unspecified atom stereocenters. The van der Waals surface area contributed by atoms with Crippen LogP contribution in [0.4, 0.5) is 0 Å². The molecule has 0 aliphatic carbocycles. The molecule has 6 nitrogen and oxygen atoms in total. The Hall–Kier alpha value is -4.01. The van der Waals surface area contributed by atoms with Crippen LogP contribution in [0.5, 0.6) is 5.75 Å². The third-order valence-electron chi connectivity index (χ3n) is 8.70. The highest BCUT2D eigenvalue weighted by Crippen LogP contribution is 2.39. The topological polar surface area (TPSA) is 66.4 Å². The SMILES string of the molecule is CCOc1ccc(Cc2cc([C@@H]3O[C@H](CO)[C@@H](OCc4ccccc4)[C@@H](OCc4ccccc4)[C@H]3OCc3ccccc3)ccc2Cl)cc1. The lowest BCUT2D eigenvalue weighted by Crippen LogP contribution is -2.58. The van der Waals surface area contributed by atoms with Crippen molar-refractivity contribution in [1.29, 1.82) is 0 Å². The van der Waals surface area contributed by atoms with Gasteiger partial charge in [-0.3, -0.25) is 0 Å². The molecule has 5 aromatic carbocycles. The Bertz CT molecular complexity index is 1700. The average molecular weight is 679 g/mol. The molecule has 0 amide bonds. The van der Waals surface area contributed by atoms with Crippen molar-refractivity contribution in [2.75, 3.05) is 13.2 Å². The molecular weight excluding hydrogens is 636 g/mol. The van der Waals surface area contributed by atoms with E-state index >= 15 is 0 Å². The molecule has 5 aromatic rings. The molecule has 1 aliphatic heterocycles. The lowest BCUT2D eigenvalue weighted by Gasteiger charge is -2.46. The largest absolute Gasteiger partial charge is 0.494 e. The Labute approximate surface area is 294 Å². The van der Waals surface area contributed by atoms with Gasteiger partial charge >= 0.3 is 0 Å². The first-order chi connectivity index (χ1) is 24.1. The zero-order valence-electron chi connectivity index (χ0n) is 27.7. The van der Waals surface area contributed by atoms with Crippen molar-refractivity contribution < 1.29 is 28.8 Å². The van der Waals surface area contributed by atoms with Crippen LogP contribution in [0, 0.1) is 0 Å². The smallest absolute Gasteiger partial charge is 0.119 e. The molecule has 1 aliphatic rings. The lowest BCUT2D eigenvalue weighted by molar-refractivity contribution is -0.272. The van der Waals surface area contributed by atoms with E-state index < -0.39 is 30.5 Å². The first kappa shape index (κ1) is 34.8. The van der Waals surface area contributed by atoms with E-state index in [1.807, 2.05) is 122 Å². The third kappa shape index (κ3) is 9.37. The Kier molecular flexibility index (Phi) is 12.5. The van der Waals surface area contributed by atoms with Crippen LogP contribution < -0.4 is 4.74 Å². The van der Waals surface area contributed by atoms with E-state index in [2.05, 4.69) is 18.2 Å². The monoisotopic (exact) mass is 678 g/mol. The Balaban J connectivity index is 1.34. The predicted molar refractivity (Wildman–Crippen MR) is 192 cm³/mol. The quantitative estimate of drug-likeness (QED) is 0.120. The van der Waals surface area contributed by atoms with Gasteiger partial charge in [0.15, 0.2) is 0 Å². The summed E-state index contributed by atoms with van der Waals surface area (Å²) in [7, 11) is 0. The first-order valence-corrected chi connectivity index (χ1v) is 17.2. The van der Waals surface area contributed by atoms with Gasteiger partial charge in [0.25, 0.3) is 0 Å². The van der Waals surface area contributed by atoms with E-state index in [0.29, 0.717) is 37.9 Å². The fourth-order valence-corrected chi connectivity index (χ4v) is 6.38. The molecule has 1 heterocycles. The van der Waals surface area contributed by atoms with Crippen molar-refractivity contribution in [3.8, 4) is 5.75 Å². The van der Waals surface area contributed by atoms with Gasteiger partial charge in [-0.1, -0.05) is 127 Å². The Morgan fingerprint density at radius 2 is 1.14 bits per heavy atom. The van der Waals surface area contributed by atoms with E-state index in [1.54, 1.807) is 0 Å². The number of hydrogen-bond donors (Lipinski definition) is 1. The van der Waals surface area contributed by atoms with Gasteiger partial charge in [-0.25, -0.2) is 0 Å². The molecule has 0 radical (unpaired) electrons. The van der Waals surface area contributed by atoms with Crippen LogP contribution in [0.15, 0.2) is 133 Å². The van der Waals surface area contributed by atoms with Gasteiger partial charge in [-0.15, -0.1) is 0 Å². The van der Waals surface area contributed by atoms with Crippen LogP contribution in [0.25, 0.3) is 0 Å². The highest BCUT2D eigenvalue weighted by molar-refractivity contribution is 6.31. The second-order valence-corrected chi connectivity index (χ2v) is 12.6. The highest BCUT2D eigenvalue weighted by Gasteiger charge is 2.48. The molecule has 49 heavy (non-hydrogen) atoms. The Morgan fingerprint density at radius 1 is 0.612 bits per heavy atom. The minimum atomic E-state index is -0.670. The standard InChI is InChI=1S/C42H43ClO6/c1-2-45-36-21-18-30(19-22-36)24-35-25-34(20-23-37(35)43)39-41(47-28-32-14-8-4-9-15-32)42(48-29-33-16-10-5-11-17-33)40(38(26-44)49-39)46-27-31-12-6-3-7-13-31/h3-23,25,38-42,44H,2,24,26-29H2,1H3/t38-,39+,40-,41+,42-/m1/s1. The van der Waals surface area contributed by atoms with E-state index in [-0.39, 0.29) is 6.61 Å². The van der Waals surface area contributed by atoms with E-state index in [1.165, 1.54) is 0 Å². The molecule has 0 aromatic heterocycles. The molecule has 1 fully saturated rings. The third-order valence-corrected chi connectivity index (χ3v) is 9.07. The summed E-state index contributed by atoms with van der Waals surface area (Å²) in [6, 6.07) is 44.1. The summed E-state index contributed by atoms with van der Waals surface area (Å²) in [5.41, 5.74) is 6.02. The van der Waals surface area contributed by atoms with E-state index in [4.69, 9.17) is 35.3 Å². The molecule has 0 spiro atoms. The fourth-order valence-electron chi connectivity index (χ4n) is 6.20. The molecule has 1 N–H and O–H groups in total. The maximum Gasteiger partial charge on any atom is 0.119 e. The molecule has 0 saturated carbocycles. The van der Waals surface area contributed by atoms with Gasteiger partial charge < -0.3 is 28.8 Å². The number of benzene rings is 5. The maximum absolute atomic E-state index is 10.7. The van der Waals surface area contributed by atoms with Crippen LogP contribution in [0.2, 0.25) is 5.02 Å². The summed E-state index contributed by atoms with van der Waals surface area (Å²) in [5.74, 6) is 0.834. The van der Waals surface area contributed by atoms with Gasteiger partial charge in [-0.05, 0) is 64.9 Å². The lowest BCUT2D eigenvalue weighted by atomic mass is 9.89. The van der Waals surface area contributed by atoms with Crippen LogP contribution in [0.1, 0.15) is 46.4 Å². The average Bonchev–Trinajstić information content (AvgIpc) is 3.15. The van der Waals surface area contributed by atoms with Gasteiger partial charge in [0.05, 0.1) is 33.0 Å². The summed E-state index contributed by atoms with van der Waals surface area (Å²) < 4.78 is 32.5. The van der Waals surface area contributed by atoms with Crippen LogP contribution >= 0.6 is 11.6 Å². The number of aliphatic hydroxyl groups is 1. The van der Waals surface area contributed by atoms with Crippen molar-refractivity contribution in [2.45, 2.75) is 63.7 Å². The molecule has 7 heteroatoms.